The van der Waals surface area contributed by atoms with E-state index in [2.05, 4.69) is 27.3 Å². The third-order valence-electron chi connectivity index (χ3n) is 5.10. The van der Waals surface area contributed by atoms with Crippen molar-refractivity contribution in [1.82, 2.24) is 15.2 Å². The average molecular weight is 544 g/mol. The van der Waals surface area contributed by atoms with Gasteiger partial charge in [-0.05, 0) is 29.1 Å². The Kier molecular flexibility index (Phi) is 12.0. The van der Waals surface area contributed by atoms with Gasteiger partial charge >= 0.3 is 17.9 Å². The van der Waals surface area contributed by atoms with Gasteiger partial charge in [-0.1, -0.05) is 42.5 Å². The lowest BCUT2D eigenvalue weighted by Gasteiger charge is -2.22. The van der Waals surface area contributed by atoms with Gasteiger partial charge in [0.25, 0.3) is 5.91 Å². The normalized spacial score (nSPS) is 10.8. The highest BCUT2D eigenvalue weighted by molar-refractivity contribution is 7.12. The Bertz CT molecular complexity index is 1120. The number of aliphatic hydroxyl groups is 1. The maximum absolute atomic E-state index is 12.1. The molecule has 12 heteroatoms. The molecule has 11 nitrogen and oxygen atoms in total. The molecule has 0 aliphatic rings. The number of aliphatic carboxylic acids is 3. The summed E-state index contributed by atoms with van der Waals surface area (Å²) in [4.78, 5) is 50.0. The topological polar surface area (TPSA) is 177 Å². The number of carboxylic acids is 3. The third-order valence-corrected chi connectivity index (χ3v) is 5.97. The molecule has 0 bridgehead atoms. The van der Waals surface area contributed by atoms with E-state index in [1.54, 1.807) is 0 Å². The molecule has 0 saturated heterocycles. The van der Waals surface area contributed by atoms with Crippen molar-refractivity contribution in [2.24, 2.45) is 0 Å². The number of thiophene rings is 1. The summed E-state index contributed by atoms with van der Waals surface area (Å²) in [6.45, 7) is 2.95. The van der Waals surface area contributed by atoms with Crippen LogP contribution in [0.5, 0.6) is 0 Å². The summed E-state index contributed by atoms with van der Waals surface area (Å²) in [6.07, 6.45) is -0.474. The Labute approximate surface area is 223 Å². The molecular weight excluding hydrogens is 514 g/mol. The van der Waals surface area contributed by atoms with Gasteiger partial charge in [-0.3, -0.25) is 24.3 Å². The van der Waals surface area contributed by atoms with Crippen molar-refractivity contribution in [2.45, 2.75) is 31.5 Å². The van der Waals surface area contributed by atoms with Crippen molar-refractivity contribution < 1.29 is 39.6 Å². The van der Waals surface area contributed by atoms with Crippen molar-refractivity contribution in [3.63, 3.8) is 0 Å². The first kappa shape index (κ1) is 30.1. The Morgan fingerprint density at radius 3 is 2.05 bits per heavy atom. The van der Waals surface area contributed by atoms with E-state index in [0.29, 0.717) is 6.54 Å². The van der Waals surface area contributed by atoms with Crippen molar-refractivity contribution in [2.75, 3.05) is 13.1 Å². The van der Waals surface area contributed by atoms with Gasteiger partial charge in [0.05, 0.1) is 23.4 Å². The van der Waals surface area contributed by atoms with Crippen LogP contribution in [0.4, 0.5) is 0 Å². The van der Waals surface area contributed by atoms with Crippen molar-refractivity contribution in [3.05, 3.63) is 88.4 Å². The van der Waals surface area contributed by atoms with Gasteiger partial charge < -0.3 is 25.7 Å². The quantitative estimate of drug-likeness (QED) is 0.215. The number of carbonyl (C=O) groups excluding carboxylic acids is 1. The molecule has 0 radical (unpaired) electrons. The smallest absolute Gasteiger partial charge is 0.336 e. The van der Waals surface area contributed by atoms with E-state index in [-0.39, 0.29) is 5.91 Å². The van der Waals surface area contributed by atoms with E-state index in [0.717, 1.165) is 30.2 Å². The highest BCUT2D eigenvalue weighted by Gasteiger charge is 2.40. The standard InChI is InChI=1S/C20H21N3OS.C6H8O7/c24-20(19-10-6-14-25-19)22-12-13-23(15-17-7-2-1-3-8-17)16-18-9-4-5-11-21-18;7-3(8)1-6(13,5(11)12)2-4(9)10/h1-11,14H,12-13,15-16H2,(H,22,24);13H,1-2H2,(H,7,8)(H,9,10)(H,11,12). The molecule has 38 heavy (non-hydrogen) atoms. The van der Waals surface area contributed by atoms with E-state index in [1.807, 2.05) is 60.1 Å². The molecule has 5 N–H and O–H groups in total. The lowest BCUT2D eigenvalue weighted by atomic mass is 9.96. The number of carboxylic acid groups (broad SMARTS) is 3. The van der Waals surface area contributed by atoms with Crippen LogP contribution in [-0.2, 0) is 27.5 Å². The monoisotopic (exact) mass is 543 g/mol. The molecule has 0 aliphatic carbocycles. The molecule has 0 saturated carbocycles. The van der Waals surface area contributed by atoms with Crippen LogP contribution in [0, 0.1) is 0 Å². The molecule has 0 spiro atoms. The summed E-state index contributed by atoms with van der Waals surface area (Å²) in [6, 6.07) is 20.0. The molecule has 1 aromatic carbocycles. The highest BCUT2D eigenvalue weighted by Crippen LogP contribution is 2.15. The molecule has 3 aromatic rings. The molecule has 0 aliphatic heterocycles. The van der Waals surface area contributed by atoms with Crippen molar-refractivity contribution >= 4 is 35.2 Å². The fraction of sp³-hybridized carbons (Fsp3) is 0.269. The maximum atomic E-state index is 12.1. The van der Waals surface area contributed by atoms with Gasteiger partial charge in [-0.25, -0.2) is 4.79 Å². The SMILES string of the molecule is O=C(NCCN(Cc1ccccc1)Cc1ccccn1)c1cccs1.O=C(O)CC(O)(CC(=O)O)C(=O)O. The van der Waals surface area contributed by atoms with Crippen LogP contribution in [-0.4, -0.2) is 72.8 Å². The second kappa shape index (κ2) is 15.2. The largest absolute Gasteiger partial charge is 0.481 e. The van der Waals surface area contributed by atoms with E-state index in [1.165, 1.54) is 16.9 Å². The van der Waals surface area contributed by atoms with Gasteiger partial charge in [0.2, 0.25) is 0 Å². The van der Waals surface area contributed by atoms with Crippen LogP contribution in [0.2, 0.25) is 0 Å². The predicted molar refractivity (Wildman–Crippen MR) is 139 cm³/mol. The molecule has 202 valence electrons. The number of amides is 1. The van der Waals surface area contributed by atoms with E-state index >= 15 is 0 Å². The van der Waals surface area contributed by atoms with E-state index in [4.69, 9.17) is 20.4 Å². The summed E-state index contributed by atoms with van der Waals surface area (Å²) in [5, 5.41) is 38.7. The van der Waals surface area contributed by atoms with Crippen LogP contribution < -0.4 is 5.32 Å². The lowest BCUT2D eigenvalue weighted by Crippen LogP contribution is -2.42. The fourth-order valence-corrected chi connectivity index (χ4v) is 3.95. The number of nitrogens with zero attached hydrogens (tertiary/aromatic N) is 2. The molecule has 2 heterocycles. The van der Waals surface area contributed by atoms with Crippen LogP contribution in [0.25, 0.3) is 0 Å². The third kappa shape index (κ3) is 10.9. The summed E-state index contributed by atoms with van der Waals surface area (Å²) >= 11 is 1.46. The minimum atomic E-state index is -2.74. The summed E-state index contributed by atoms with van der Waals surface area (Å²) in [5.41, 5.74) is -0.455. The fourth-order valence-electron chi connectivity index (χ4n) is 3.31. The van der Waals surface area contributed by atoms with E-state index < -0.39 is 36.4 Å². The zero-order valence-corrected chi connectivity index (χ0v) is 21.2. The first-order valence-corrected chi connectivity index (χ1v) is 12.3. The number of aromatic nitrogens is 1. The summed E-state index contributed by atoms with van der Waals surface area (Å²) < 4.78 is 0. The molecule has 0 unspecified atom stereocenters. The zero-order valence-electron chi connectivity index (χ0n) is 20.4. The van der Waals surface area contributed by atoms with Gasteiger partial charge in [0.1, 0.15) is 0 Å². The van der Waals surface area contributed by atoms with Crippen LogP contribution >= 0.6 is 11.3 Å². The Morgan fingerprint density at radius 2 is 1.53 bits per heavy atom. The number of carbonyl (C=O) groups is 4. The highest BCUT2D eigenvalue weighted by atomic mass is 32.1. The van der Waals surface area contributed by atoms with Gasteiger partial charge in [-0.2, -0.15) is 0 Å². The van der Waals surface area contributed by atoms with E-state index in [9.17, 15) is 19.2 Å². The average Bonchev–Trinajstić information content (AvgIpc) is 3.40. The zero-order chi connectivity index (χ0) is 28.0. The van der Waals surface area contributed by atoms with Crippen molar-refractivity contribution in [3.8, 4) is 0 Å². The predicted octanol–water partition coefficient (Wildman–Crippen LogP) is 2.33. The first-order valence-electron chi connectivity index (χ1n) is 11.5. The van der Waals surface area contributed by atoms with Gasteiger partial charge in [0, 0.05) is 32.4 Å². The maximum Gasteiger partial charge on any atom is 0.336 e. The second-order valence-corrected chi connectivity index (χ2v) is 9.18. The van der Waals surface area contributed by atoms with Crippen LogP contribution in [0.15, 0.2) is 72.2 Å². The Hall–Kier alpha value is -4.13. The first-order chi connectivity index (χ1) is 18.1. The molecule has 3 rings (SSSR count). The summed E-state index contributed by atoms with van der Waals surface area (Å²) in [5.74, 6) is -5.03. The van der Waals surface area contributed by atoms with Crippen LogP contribution in [0.3, 0.4) is 0 Å². The number of hydrogen-bond donors (Lipinski definition) is 5. The Balaban J connectivity index is 0.000000332. The second-order valence-electron chi connectivity index (χ2n) is 8.23. The number of rotatable bonds is 13. The summed E-state index contributed by atoms with van der Waals surface area (Å²) in [7, 11) is 0. The minimum absolute atomic E-state index is 0.00695. The number of nitrogens with one attached hydrogen (secondary N) is 1. The molecular formula is C26H29N3O8S. The number of pyridine rings is 1. The molecule has 1 amide bonds. The lowest BCUT2D eigenvalue weighted by molar-refractivity contribution is -0.170. The molecule has 2 aromatic heterocycles. The number of hydrogen-bond acceptors (Lipinski definition) is 8. The molecule has 0 atom stereocenters. The van der Waals surface area contributed by atoms with Gasteiger partial charge in [0.15, 0.2) is 5.60 Å². The minimum Gasteiger partial charge on any atom is -0.481 e. The van der Waals surface area contributed by atoms with Crippen molar-refractivity contribution in [1.29, 1.82) is 0 Å². The van der Waals surface area contributed by atoms with Gasteiger partial charge in [-0.15, -0.1) is 11.3 Å². The number of benzene rings is 1. The Morgan fingerprint density at radius 1 is 0.868 bits per heavy atom. The van der Waals surface area contributed by atoms with Crippen LogP contribution in [0.1, 0.15) is 33.8 Å². The molecule has 0 fully saturated rings.